The maximum Gasteiger partial charge on any atom is 0.338 e. The van der Waals surface area contributed by atoms with E-state index in [4.69, 9.17) is 9.47 Å². The van der Waals surface area contributed by atoms with Gasteiger partial charge in [0.2, 0.25) is 0 Å². The SMILES string of the molecule is C=C(C)C(=O)O/C(=C(\C)C(=O)OC(C)N(CC)CC)C(C)CC. The number of hydrogen-bond acceptors (Lipinski definition) is 5. The van der Waals surface area contributed by atoms with E-state index in [2.05, 4.69) is 6.58 Å². The summed E-state index contributed by atoms with van der Waals surface area (Å²) in [5.41, 5.74) is 0.622. The molecule has 0 spiro atoms. The summed E-state index contributed by atoms with van der Waals surface area (Å²) in [4.78, 5) is 26.2. The van der Waals surface area contributed by atoms with Gasteiger partial charge in [-0.25, -0.2) is 9.59 Å². The number of carbonyl (C=O) groups excluding carboxylic acids is 2. The van der Waals surface area contributed by atoms with E-state index in [1.807, 2.05) is 39.5 Å². The van der Waals surface area contributed by atoms with Gasteiger partial charge in [0, 0.05) is 11.5 Å². The molecule has 2 atom stereocenters. The summed E-state index contributed by atoms with van der Waals surface area (Å²) in [5, 5.41) is 0. The Morgan fingerprint density at radius 1 is 1.04 bits per heavy atom. The van der Waals surface area contributed by atoms with Gasteiger partial charge in [-0.3, -0.25) is 4.90 Å². The number of esters is 2. The Hall–Kier alpha value is -1.62. The highest BCUT2D eigenvalue weighted by Crippen LogP contribution is 2.22. The van der Waals surface area contributed by atoms with Crippen molar-refractivity contribution >= 4 is 11.9 Å². The quantitative estimate of drug-likeness (QED) is 0.280. The average molecular weight is 325 g/mol. The van der Waals surface area contributed by atoms with Gasteiger partial charge in [-0.1, -0.05) is 34.3 Å². The zero-order valence-electron chi connectivity index (χ0n) is 15.6. The lowest BCUT2D eigenvalue weighted by Crippen LogP contribution is -2.36. The zero-order valence-corrected chi connectivity index (χ0v) is 15.6. The van der Waals surface area contributed by atoms with E-state index in [0.717, 1.165) is 19.5 Å². The maximum atomic E-state index is 12.4. The van der Waals surface area contributed by atoms with Crippen LogP contribution in [0.2, 0.25) is 0 Å². The van der Waals surface area contributed by atoms with Crippen molar-refractivity contribution in [2.24, 2.45) is 5.92 Å². The van der Waals surface area contributed by atoms with Gasteiger partial charge >= 0.3 is 11.9 Å². The molecule has 0 amide bonds. The second-order valence-corrected chi connectivity index (χ2v) is 5.69. The molecule has 0 aliphatic carbocycles. The van der Waals surface area contributed by atoms with Crippen molar-refractivity contribution < 1.29 is 19.1 Å². The van der Waals surface area contributed by atoms with Crippen molar-refractivity contribution in [1.82, 2.24) is 4.90 Å². The molecule has 0 heterocycles. The molecule has 0 bridgehead atoms. The van der Waals surface area contributed by atoms with Crippen LogP contribution >= 0.6 is 0 Å². The highest BCUT2D eigenvalue weighted by atomic mass is 16.6. The van der Waals surface area contributed by atoms with Gasteiger partial charge in [0.1, 0.15) is 5.76 Å². The third-order valence-electron chi connectivity index (χ3n) is 3.89. The molecular weight excluding hydrogens is 294 g/mol. The highest BCUT2D eigenvalue weighted by molar-refractivity contribution is 5.91. The van der Waals surface area contributed by atoms with Crippen LogP contribution < -0.4 is 0 Å². The Morgan fingerprint density at radius 3 is 1.96 bits per heavy atom. The lowest BCUT2D eigenvalue weighted by Gasteiger charge is -2.26. The lowest BCUT2D eigenvalue weighted by molar-refractivity contribution is -0.152. The molecule has 0 saturated heterocycles. The average Bonchev–Trinajstić information content (AvgIpc) is 2.51. The molecule has 5 heteroatoms. The predicted octanol–water partition coefficient (Wildman–Crippen LogP) is 3.66. The molecule has 0 fully saturated rings. The van der Waals surface area contributed by atoms with Crippen LogP contribution in [-0.4, -0.2) is 36.2 Å². The first-order chi connectivity index (χ1) is 10.7. The predicted molar refractivity (Wildman–Crippen MR) is 91.5 cm³/mol. The summed E-state index contributed by atoms with van der Waals surface area (Å²) in [5.74, 6) is -0.690. The van der Waals surface area contributed by atoms with Crippen LogP contribution in [0.1, 0.15) is 54.9 Å². The summed E-state index contributed by atoms with van der Waals surface area (Å²) < 4.78 is 10.9. The molecule has 0 aromatic rings. The molecule has 5 nitrogen and oxygen atoms in total. The van der Waals surface area contributed by atoms with Gasteiger partial charge in [0.05, 0.1) is 5.57 Å². The first-order valence-corrected chi connectivity index (χ1v) is 8.22. The fraction of sp³-hybridized carbons (Fsp3) is 0.667. The monoisotopic (exact) mass is 325 g/mol. The van der Waals surface area contributed by atoms with Crippen molar-refractivity contribution in [3.8, 4) is 0 Å². The fourth-order valence-electron chi connectivity index (χ4n) is 2.08. The van der Waals surface area contributed by atoms with Crippen LogP contribution in [0, 0.1) is 5.92 Å². The molecule has 0 saturated carbocycles. The lowest BCUT2D eigenvalue weighted by atomic mass is 10.0. The minimum absolute atomic E-state index is 0.0605. The van der Waals surface area contributed by atoms with Gasteiger partial charge in [0.25, 0.3) is 0 Å². The molecule has 0 N–H and O–H groups in total. The largest absolute Gasteiger partial charge is 0.443 e. The third-order valence-corrected chi connectivity index (χ3v) is 3.89. The first-order valence-electron chi connectivity index (χ1n) is 8.22. The summed E-state index contributed by atoms with van der Waals surface area (Å²) in [6, 6.07) is 0. The molecule has 0 aromatic heterocycles. The zero-order chi connectivity index (χ0) is 18.2. The Balaban J connectivity index is 5.32. The van der Waals surface area contributed by atoms with Crippen LogP contribution in [0.4, 0.5) is 0 Å². The molecule has 2 unspecified atom stereocenters. The maximum absolute atomic E-state index is 12.4. The molecule has 0 aromatic carbocycles. The minimum atomic E-state index is -0.524. The van der Waals surface area contributed by atoms with Gasteiger partial charge in [-0.2, -0.15) is 0 Å². The molecular formula is C18H31NO4. The number of rotatable bonds is 9. The smallest absolute Gasteiger partial charge is 0.338 e. The Kier molecular flexibility index (Phi) is 9.49. The van der Waals surface area contributed by atoms with E-state index in [1.54, 1.807) is 13.8 Å². The van der Waals surface area contributed by atoms with Crippen molar-refractivity contribution in [3.63, 3.8) is 0 Å². The molecule has 0 aliphatic rings. The number of ether oxygens (including phenoxy) is 2. The van der Waals surface area contributed by atoms with Crippen molar-refractivity contribution in [1.29, 1.82) is 0 Å². The number of carbonyl (C=O) groups is 2. The van der Waals surface area contributed by atoms with E-state index in [1.165, 1.54) is 0 Å². The van der Waals surface area contributed by atoms with Crippen molar-refractivity contribution in [2.75, 3.05) is 13.1 Å². The minimum Gasteiger partial charge on any atom is -0.443 e. The Morgan fingerprint density at radius 2 is 1.57 bits per heavy atom. The molecule has 0 aliphatic heterocycles. The normalized spacial score (nSPS) is 14.8. The van der Waals surface area contributed by atoms with Gasteiger partial charge in [0.15, 0.2) is 6.23 Å². The van der Waals surface area contributed by atoms with Gasteiger partial charge in [-0.15, -0.1) is 0 Å². The summed E-state index contributed by atoms with van der Waals surface area (Å²) in [6.45, 7) is 18.1. The van der Waals surface area contributed by atoms with Crippen molar-refractivity contribution in [2.45, 2.75) is 61.1 Å². The van der Waals surface area contributed by atoms with Crippen LogP contribution in [0.25, 0.3) is 0 Å². The van der Waals surface area contributed by atoms with E-state index in [-0.39, 0.29) is 12.1 Å². The van der Waals surface area contributed by atoms with Crippen LogP contribution in [-0.2, 0) is 19.1 Å². The van der Waals surface area contributed by atoms with E-state index in [9.17, 15) is 9.59 Å². The molecule has 0 radical (unpaired) electrons. The van der Waals surface area contributed by atoms with Crippen LogP contribution in [0.3, 0.4) is 0 Å². The second-order valence-electron chi connectivity index (χ2n) is 5.69. The number of hydrogen-bond donors (Lipinski definition) is 0. The van der Waals surface area contributed by atoms with E-state index < -0.39 is 11.9 Å². The topological polar surface area (TPSA) is 55.8 Å². The van der Waals surface area contributed by atoms with Crippen molar-refractivity contribution in [3.05, 3.63) is 23.5 Å². The fourth-order valence-corrected chi connectivity index (χ4v) is 2.08. The second kappa shape index (κ2) is 10.2. The van der Waals surface area contributed by atoms with Gasteiger partial charge in [-0.05, 0) is 40.3 Å². The molecule has 23 heavy (non-hydrogen) atoms. The van der Waals surface area contributed by atoms with E-state index in [0.29, 0.717) is 16.9 Å². The highest BCUT2D eigenvalue weighted by Gasteiger charge is 2.23. The first kappa shape index (κ1) is 21.4. The summed E-state index contributed by atoms with van der Waals surface area (Å²) in [6.07, 6.45) is 0.414. The summed E-state index contributed by atoms with van der Waals surface area (Å²) >= 11 is 0. The van der Waals surface area contributed by atoms with E-state index >= 15 is 0 Å². The Labute approximate surface area is 140 Å². The number of nitrogens with zero attached hydrogens (tertiary/aromatic N) is 1. The Bertz CT molecular complexity index is 464. The van der Waals surface area contributed by atoms with Crippen LogP contribution in [0.5, 0.6) is 0 Å². The number of allylic oxidation sites excluding steroid dienone is 1. The van der Waals surface area contributed by atoms with Crippen LogP contribution in [0.15, 0.2) is 23.5 Å². The third kappa shape index (κ3) is 6.57. The molecule has 0 rings (SSSR count). The van der Waals surface area contributed by atoms with Gasteiger partial charge < -0.3 is 9.47 Å². The molecule has 132 valence electrons. The summed E-state index contributed by atoms with van der Waals surface area (Å²) in [7, 11) is 0. The standard InChI is InChI=1S/C18H31NO4/c1-9-13(6)16(23-17(20)12(4)5)14(7)18(21)22-15(8)19(10-2)11-3/h13,15H,4,9-11H2,1-3,5-8H3/b16-14+.